The molecule has 2 N–H and O–H groups in total. The molecule has 4 nitrogen and oxygen atoms in total. The van der Waals surface area contributed by atoms with Crippen molar-refractivity contribution in [3.05, 3.63) is 35.5 Å². The quantitative estimate of drug-likeness (QED) is 0.865. The van der Waals surface area contributed by atoms with E-state index in [1.54, 1.807) is 0 Å². The van der Waals surface area contributed by atoms with Crippen molar-refractivity contribution < 1.29 is 9.90 Å². The van der Waals surface area contributed by atoms with Crippen LogP contribution in [0.5, 0.6) is 0 Å². The highest BCUT2D eigenvalue weighted by atomic mass is 16.4. The van der Waals surface area contributed by atoms with Crippen molar-refractivity contribution in [2.45, 2.75) is 26.7 Å². The molecule has 0 aliphatic rings. The Kier molecular flexibility index (Phi) is 4.00. The lowest BCUT2D eigenvalue weighted by Gasteiger charge is -2.15. The number of nitrogens with one attached hydrogen (secondary N) is 1. The van der Waals surface area contributed by atoms with E-state index in [4.69, 9.17) is 5.11 Å². The number of aliphatic carboxylic acids is 1. The second-order valence-electron chi connectivity index (χ2n) is 4.57. The van der Waals surface area contributed by atoms with Gasteiger partial charge in [-0.15, -0.1) is 0 Å². The third-order valence-electron chi connectivity index (χ3n) is 3.08. The van der Waals surface area contributed by atoms with Crippen molar-refractivity contribution in [1.29, 1.82) is 0 Å². The zero-order valence-corrected chi connectivity index (χ0v) is 11.2. The van der Waals surface area contributed by atoms with Crippen LogP contribution in [0.15, 0.2) is 24.3 Å². The summed E-state index contributed by atoms with van der Waals surface area (Å²) in [5, 5.41) is 13.4. The minimum atomic E-state index is -0.834. The summed E-state index contributed by atoms with van der Waals surface area (Å²) in [5.74, 6) is -0.834. The van der Waals surface area contributed by atoms with Crippen LogP contribution in [0.3, 0.4) is 0 Å². The number of aromatic nitrogens is 1. The molecule has 0 aliphatic heterocycles. The zero-order valence-electron chi connectivity index (χ0n) is 11.2. The lowest BCUT2D eigenvalue weighted by Crippen LogP contribution is -2.10. The number of hydrogen-bond acceptors (Lipinski definition) is 3. The van der Waals surface area contributed by atoms with E-state index < -0.39 is 5.97 Å². The molecule has 1 heterocycles. The van der Waals surface area contributed by atoms with Gasteiger partial charge < -0.3 is 10.4 Å². The predicted octanol–water partition coefficient (Wildman–Crippen LogP) is 2.99. The van der Waals surface area contributed by atoms with E-state index in [0.29, 0.717) is 0 Å². The summed E-state index contributed by atoms with van der Waals surface area (Å²) in [4.78, 5) is 15.5. The third kappa shape index (κ3) is 2.84. The van der Waals surface area contributed by atoms with Gasteiger partial charge in [0.05, 0.1) is 11.9 Å². The van der Waals surface area contributed by atoms with Crippen LogP contribution in [-0.2, 0) is 11.2 Å². The van der Waals surface area contributed by atoms with E-state index >= 15 is 0 Å². The third-order valence-corrected chi connectivity index (χ3v) is 3.08. The van der Waals surface area contributed by atoms with Crippen molar-refractivity contribution in [3.8, 4) is 0 Å². The molecule has 0 spiro atoms. The first-order chi connectivity index (χ1) is 9.13. The van der Waals surface area contributed by atoms with Gasteiger partial charge in [-0.05, 0) is 19.4 Å². The van der Waals surface area contributed by atoms with Gasteiger partial charge in [0, 0.05) is 28.9 Å². The van der Waals surface area contributed by atoms with Crippen LogP contribution in [0.4, 0.5) is 5.69 Å². The Morgan fingerprint density at radius 2 is 2.11 bits per heavy atom. The first-order valence-electron chi connectivity index (χ1n) is 6.47. The topological polar surface area (TPSA) is 62.2 Å². The fourth-order valence-corrected chi connectivity index (χ4v) is 2.19. The summed E-state index contributed by atoms with van der Waals surface area (Å²) in [5.41, 5.74) is 3.36. The SMILES string of the molecule is CCCNc1c(CC(=O)O)c(C)nc2ccccc12. The number of hydrogen-bond donors (Lipinski definition) is 2. The number of para-hydroxylation sites is 1. The van der Waals surface area contributed by atoms with Crippen LogP contribution in [0.25, 0.3) is 10.9 Å². The largest absolute Gasteiger partial charge is 0.481 e. The first-order valence-corrected chi connectivity index (χ1v) is 6.47. The van der Waals surface area contributed by atoms with Crippen LogP contribution in [0, 0.1) is 6.92 Å². The second-order valence-corrected chi connectivity index (χ2v) is 4.57. The molecule has 0 saturated carbocycles. The molecule has 4 heteroatoms. The molecule has 1 aromatic carbocycles. The fraction of sp³-hybridized carbons (Fsp3) is 0.333. The molecule has 0 bridgehead atoms. The average molecular weight is 258 g/mol. The summed E-state index contributed by atoms with van der Waals surface area (Å²) in [6, 6.07) is 7.81. The number of fused-ring (bicyclic) bond motifs is 1. The molecule has 0 unspecified atom stereocenters. The number of carboxylic acid groups (broad SMARTS) is 1. The number of rotatable bonds is 5. The maximum Gasteiger partial charge on any atom is 0.307 e. The minimum Gasteiger partial charge on any atom is -0.481 e. The van der Waals surface area contributed by atoms with E-state index in [2.05, 4.69) is 17.2 Å². The summed E-state index contributed by atoms with van der Waals surface area (Å²) in [6.45, 7) is 4.77. The van der Waals surface area contributed by atoms with Gasteiger partial charge in [-0.1, -0.05) is 25.1 Å². The Hall–Kier alpha value is -2.10. The molecular weight excluding hydrogens is 240 g/mol. The van der Waals surface area contributed by atoms with Crippen molar-refractivity contribution in [3.63, 3.8) is 0 Å². The Labute approximate surface area is 112 Å². The molecule has 0 aliphatic carbocycles. The average Bonchev–Trinajstić information content (AvgIpc) is 2.38. The number of nitrogens with zero attached hydrogens (tertiary/aromatic N) is 1. The molecule has 0 atom stereocenters. The molecule has 0 saturated heterocycles. The summed E-state index contributed by atoms with van der Waals surface area (Å²) >= 11 is 0. The lowest BCUT2D eigenvalue weighted by atomic mass is 10.0. The number of carboxylic acids is 1. The molecule has 1 aromatic heterocycles. The van der Waals surface area contributed by atoms with Crippen LogP contribution in [0.2, 0.25) is 0 Å². The minimum absolute atomic E-state index is 0.00425. The van der Waals surface area contributed by atoms with Gasteiger partial charge >= 0.3 is 5.97 Å². The molecule has 0 fully saturated rings. The number of carbonyl (C=O) groups is 1. The molecule has 19 heavy (non-hydrogen) atoms. The van der Waals surface area contributed by atoms with Crippen molar-refractivity contribution in [2.75, 3.05) is 11.9 Å². The van der Waals surface area contributed by atoms with E-state index in [-0.39, 0.29) is 6.42 Å². The van der Waals surface area contributed by atoms with E-state index in [1.165, 1.54) is 0 Å². The monoisotopic (exact) mass is 258 g/mol. The van der Waals surface area contributed by atoms with Crippen molar-refractivity contribution in [1.82, 2.24) is 4.98 Å². The Balaban J connectivity index is 2.62. The molecule has 0 radical (unpaired) electrons. The number of aryl methyl sites for hydroxylation is 1. The summed E-state index contributed by atoms with van der Waals surface area (Å²) in [6.07, 6.45) is 0.984. The van der Waals surface area contributed by atoms with E-state index in [0.717, 1.165) is 40.8 Å². The lowest BCUT2D eigenvalue weighted by molar-refractivity contribution is -0.136. The summed E-state index contributed by atoms with van der Waals surface area (Å²) < 4.78 is 0. The number of pyridine rings is 1. The highest BCUT2D eigenvalue weighted by Gasteiger charge is 2.14. The Bertz CT molecular complexity index is 608. The predicted molar refractivity (Wildman–Crippen MR) is 76.6 cm³/mol. The van der Waals surface area contributed by atoms with Gasteiger partial charge in [-0.2, -0.15) is 0 Å². The second kappa shape index (κ2) is 5.69. The maximum atomic E-state index is 11.0. The number of anilines is 1. The van der Waals surface area contributed by atoms with Gasteiger partial charge in [0.2, 0.25) is 0 Å². The highest BCUT2D eigenvalue weighted by Crippen LogP contribution is 2.28. The van der Waals surface area contributed by atoms with Gasteiger partial charge in [-0.3, -0.25) is 9.78 Å². The number of benzene rings is 1. The molecule has 2 aromatic rings. The standard InChI is InChI=1S/C15H18N2O2/c1-3-8-16-15-11-6-4-5-7-13(11)17-10(2)12(15)9-14(18)19/h4-7H,3,8-9H2,1-2H3,(H,16,17)(H,18,19). The molecule has 0 amide bonds. The zero-order chi connectivity index (χ0) is 13.8. The van der Waals surface area contributed by atoms with Crippen molar-refractivity contribution in [2.24, 2.45) is 0 Å². The van der Waals surface area contributed by atoms with Gasteiger partial charge in [0.15, 0.2) is 0 Å². The van der Waals surface area contributed by atoms with Crippen LogP contribution in [-0.4, -0.2) is 22.6 Å². The first kappa shape index (κ1) is 13.3. The normalized spacial score (nSPS) is 10.6. The van der Waals surface area contributed by atoms with Gasteiger partial charge in [0.1, 0.15) is 0 Å². The molecule has 100 valence electrons. The van der Waals surface area contributed by atoms with Gasteiger partial charge in [-0.25, -0.2) is 0 Å². The van der Waals surface area contributed by atoms with Crippen LogP contribution < -0.4 is 5.32 Å². The molecule has 2 rings (SSSR count). The highest BCUT2D eigenvalue weighted by molar-refractivity contribution is 5.94. The maximum absolute atomic E-state index is 11.0. The van der Waals surface area contributed by atoms with Crippen LogP contribution >= 0.6 is 0 Å². The van der Waals surface area contributed by atoms with Crippen LogP contribution in [0.1, 0.15) is 24.6 Å². The van der Waals surface area contributed by atoms with E-state index in [9.17, 15) is 4.79 Å². The van der Waals surface area contributed by atoms with Crippen molar-refractivity contribution >= 4 is 22.6 Å². The molecular formula is C15H18N2O2. The van der Waals surface area contributed by atoms with E-state index in [1.807, 2.05) is 31.2 Å². The summed E-state index contributed by atoms with van der Waals surface area (Å²) in [7, 11) is 0. The van der Waals surface area contributed by atoms with Gasteiger partial charge in [0.25, 0.3) is 0 Å². The Morgan fingerprint density at radius 1 is 1.37 bits per heavy atom. The Morgan fingerprint density at radius 3 is 2.79 bits per heavy atom. The smallest absolute Gasteiger partial charge is 0.307 e. The fourth-order valence-electron chi connectivity index (χ4n) is 2.19.